The van der Waals surface area contributed by atoms with Gasteiger partial charge in [0.15, 0.2) is 0 Å². The number of aryl methyl sites for hydroxylation is 2. The Hall–Kier alpha value is -2.23. The van der Waals surface area contributed by atoms with Crippen LogP contribution in [0.4, 0.5) is 5.00 Å². The van der Waals surface area contributed by atoms with Crippen LogP contribution in [-0.4, -0.2) is 44.8 Å². The van der Waals surface area contributed by atoms with Crippen molar-refractivity contribution in [2.45, 2.75) is 38.0 Å². The van der Waals surface area contributed by atoms with E-state index in [1.54, 1.807) is 19.1 Å². The largest absolute Gasteiger partial charge is 0.462 e. The smallest absolute Gasteiger partial charge is 0.341 e. The molecule has 0 atom stereocenters. The van der Waals surface area contributed by atoms with Crippen molar-refractivity contribution >= 4 is 38.2 Å². The number of carbonyl (C=O) groups is 2. The average Bonchev–Trinajstić information content (AvgIpc) is 3.22. The number of esters is 1. The van der Waals surface area contributed by atoms with E-state index >= 15 is 0 Å². The Morgan fingerprint density at radius 1 is 1.21 bits per heavy atom. The maximum atomic E-state index is 12.7. The summed E-state index contributed by atoms with van der Waals surface area (Å²) in [6.45, 7) is 3.48. The molecule has 2 aromatic rings. The molecule has 1 aromatic heterocycles. The molecule has 0 spiro atoms. The first-order chi connectivity index (χ1) is 13.7. The maximum absolute atomic E-state index is 12.7. The predicted molar refractivity (Wildman–Crippen MR) is 112 cm³/mol. The molecule has 0 fully saturated rings. The summed E-state index contributed by atoms with van der Waals surface area (Å²) in [5.41, 5.74) is 2.28. The Bertz CT molecular complexity index is 1030. The lowest BCUT2D eigenvalue weighted by Crippen LogP contribution is -2.35. The van der Waals surface area contributed by atoms with E-state index < -0.39 is 21.9 Å². The molecule has 0 unspecified atom stereocenters. The predicted octanol–water partition coefficient (Wildman–Crippen LogP) is 2.98. The number of amides is 1. The standard InChI is InChI=1S/C20H24N2O5S2/c1-4-27-20(24)18-15-6-5-7-16(15)28-19(18)21-17(23)12-22(3)29(25,26)14-10-8-13(2)9-11-14/h8-11H,4-7,12H2,1-3H3,(H,21,23). The molecule has 1 aromatic carbocycles. The Morgan fingerprint density at radius 2 is 1.90 bits per heavy atom. The number of anilines is 1. The van der Waals surface area contributed by atoms with Crippen LogP contribution in [-0.2, 0) is 32.4 Å². The Balaban J connectivity index is 1.76. The zero-order valence-corrected chi connectivity index (χ0v) is 18.3. The van der Waals surface area contributed by atoms with Gasteiger partial charge in [0.25, 0.3) is 0 Å². The van der Waals surface area contributed by atoms with Crippen LogP contribution in [0.15, 0.2) is 29.2 Å². The zero-order valence-electron chi connectivity index (χ0n) is 16.6. The normalized spacial score (nSPS) is 13.4. The summed E-state index contributed by atoms with van der Waals surface area (Å²) in [6, 6.07) is 6.45. The number of hydrogen-bond donors (Lipinski definition) is 1. The molecule has 1 N–H and O–H groups in total. The molecule has 0 saturated carbocycles. The number of nitrogens with zero attached hydrogens (tertiary/aromatic N) is 1. The highest BCUT2D eigenvalue weighted by atomic mass is 32.2. The second kappa shape index (κ2) is 8.64. The monoisotopic (exact) mass is 436 g/mol. The van der Waals surface area contributed by atoms with Crippen LogP contribution in [0, 0.1) is 6.92 Å². The van der Waals surface area contributed by atoms with Gasteiger partial charge in [0.1, 0.15) is 5.00 Å². The molecule has 9 heteroatoms. The molecule has 1 aliphatic rings. The first kappa shape index (κ1) is 21.5. The lowest BCUT2D eigenvalue weighted by molar-refractivity contribution is -0.116. The molecule has 29 heavy (non-hydrogen) atoms. The molecule has 0 radical (unpaired) electrons. The molecule has 1 aliphatic carbocycles. The van der Waals surface area contributed by atoms with Crippen molar-refractivity contribution in [3.63, 3.8) is 0 Å². The molecule has 0 saturated heterocycles. The molecule has 7 nitrogen and oxygen atoms in total. The van der Waals surface area contributed by atoms with Crippen LogP contribution in [0.1, 0.15) is 39.7 Å². The number of hydrogen-bond acceptors (Lipinski definition) is 6. The van der Waals surface area contributed by atoms with Gasteiger partial charge in [-0.15, -0.1) is 11.3 Å². The lowest BCUT2D eigenvalue weighted by atomic mass is 10.1. The summed E-state index contributed by atoms with van der Waals surface area (Å²) in [5.74, 6) is -0.962. The van der Waals surface area contributed by atoms with Gasteiger partial charge in [-0.1, -0.05) is 17.7 Å². The van der Waals surface area contributed by atoms with Gasteiger partial charge < -0.3 is 10.1 Å². The molecule has 1 heterocycles. The van der Waals surface area contributed by atoms with Crippen LogP contribution in [0.25, 0.3) is 0 Å². The highest BCUT2D eigenvalue weighted by molar-refractivity contribution is 7.89. The number of fused-ring (bicyclic) bond motifs is 1. The van der Waals surface area contributed by atoms with Crippen LogP contribution in [0.5, 0.6) is 0 Å². The third-order valence-corrected chi connectivity index (χ3v) is 7.77. The van der Waals surface area contributed by atoms with E-state index in [0.717, 1.165) is 39.6 Å². The van der Waals surface area contributed by atoms with Gasteiger partial charge in [0, 0.05) is 11.9 Å². The number of rotatable bonds is 7. The molecule has 1 amide bonds. The fraction of sp³-hybridized carbons (Fsp3) is 0.400. The van der Waals surface area contributed by atoms with Crippen molar-refractivity contribution in [3.8, 4) is 0 Å². The second-order valence-corrected chi connectivity index (χ2v) is 10.1. The van der Waals surface area contributed by atoms with Crippen molar-refractivity contribution < 1.29 is 22.7 Å². The third-order valence-electron chi connectivity index (χ3n) is 4.75. The third kappa shape index (κ3) is 4.52. The minimum absolute atomic E-state index is 0.126. The van der Waals surface area contributed by atoms with Crippen molar-refractivity contribution in [2.24, 2.45) is 0 Å². The van der Waals surface area contributed by atoms with E-state index in [-0.39, 0.29) is 18.0 Å². The molecular weight excluding hydrogens is 412 g/mol. The van der Waals surface area contributed by atoms with E-state index in [9.17, 15) is 18.0 Å². The lowest BCUT2D eigenvalue weighted by Gasteiger charge is -2.17. The number of likely N-dealkylation sites (N-methyl/N-ethyl adjacent to an activating group) is 1. The van der Waals surface area contributed by atoms with Gasteiger partial charge in [0.05, 0.1) is 23.6 Å². The second-order valence-electron chi connectivity index (χ2n) is 6.90. The minimum Gasteiger partial charge on any atom is -0.462 e. The average molecular weight is 437 g/mol. The number of benzene rings is 1. The highest BCUT2D eigenvalue weighted by Crippen LogP contribution is 2.39. The summed E-state index contributed by atoms with van der Waals surface area (Å²) in [5, 5.41) is 3.15. The molecular formula is C20H24N2O5S2. The van der Waals surface area contributed by atoms with Crippen LogP contribution < -0.4 is 5.32 Å². The van der Waals surface area contributed by atoms with Gasteiger partial charge in [0.2, 0.25) is 15.9 Å². The fourth-order valence-electron chi connectivity index (χ4n) is 3.26. The van der Waals surface area contributed by atoms with E-state index in [4.69, 9.17) is 4.74 Å². The molecule has 0 bridgehead atoms. The van der Waals surface area contributed by atoms with Crippen LogP contribution >= 0.6 is 11.3 Å². The SMILES string of the molecule is CCOC(=O)c1c(NC(=O)CN(C)S(=O)(=O)c2ccc(C)cc2)sc2c1CCC2. The topological polar surface area (TPSA) is 92.8 Å². The van der Waals surface area contributed by atoms with Crippen molar-refractivity contribution in [1.29, 1.82) is 0 Å². The number of thiophene rings is 1. The van der Waals surface area contributed by atoms with Crippen molar-refractivity contribution in [3.05, 3.63) is 45.8 Å². The minimum atomic E-state index is -3.79. The van der Waals surface area contributed by atoms with Crippen LogP contribution in [0.2, 0.25) is 0 Å². The summed E-state index contributed by atoms with van der Waals surface area (Å²) in [4.78, 5) is 26.1. The number of sulfonamides is 1. The van der Waals surface area contributed by atoms with E-state index in [1.165, 1.54) is 30.5 Å². The summed E-state index contributed by atoms with van der Waals surface area (Å²) < 4.78 is 31.5. The van der Waals surface area contributed by atoms with Gasteiger partial charge >= 0.3 is 5.97 Å². The van der Waals surface area contributed by atoms with E-state index in [0.29, 0.717) is 10.6 Å². The molecule has 3 rings (SSSR count). The molecule has 156 valence electrons. The van der Waals surface area contributed by atoms with Gasteiger partial charge in [-0.05, 0) is 50.8 Å². The number of nitrogens with one attached hydrogen (secondary N) is 1. The summed E-state index contributed by atoms with van der Waals surface area (Å²) in [7, 11) is -2.43. The van der Waals surface area contributed by atoms with Crippen molar-refractivity contribution in [1.82, 2.24) is 4.31 Å². The zero-order chi connectivity index (χ0) is 21.2. The summed E-state index contributed by atoms with van der Waals surface area (Å²) in [6.07, 6.45) is 2.61. The quantitative estimate of drug-likeness (QED) is 0.674. The highest BCUT2D eigenvalue weighted by Gasteiger charge is 2.29. The Kier molecular flexibility index (Phi) is 6.40. The van der Waals surface area contributed by atoms with Gasteiger partial charge in [-0.3, -0.25) is 4.79 Å². The number of ether oxygens (including phenoxy) is 1. The van der Waals surface area contributed by atoms with Crippen molar-refractivity contribution in [2.75, 3.05) is 25.5 Å². The van der Waals surface area contributed by atoms with E-state index in [1.807, 2.05) is 6.92 Å². The summed E-state index contributed by atoms with van der Waals surface area (Å²) >= 11 is 1.36. The van der Waals surface area contributed by atoms with Crippen LogP contribution in [0.3, 0.4) is 0 Å². The first-order valence-electron chi connectivity index (χ1n) is 9.38. The van der Waals surface area contributed by atoms with Gasteiger partial charge in [-0.2, -0.15) is 4.31 Å². The first-order valence-corrected chi connectivity index (χ1v) is 11.6. The Morgan fingerprint density at radius 3 is 2.55 bits per heavy atom. The number of carbonyl (C=O) groups excluding carboxylic acids is 2. The van der Waals surface area contributed by atoms with Gasteiger partial charge in [-0.25, -0.2) is 13.2 Å². The Labute approximate surface area is 174 Å². The maximum Gasteiger partial charge on any atom is 0.341 e. The molecule has 0 aliphatic heterocycles. The van der Waals surface area contributed by atoms with E-state index in [2.05, 4.69) is 5.32 Å². The fourth-order valence-corrected chi connectivity index (χ4v) is 5.68.